The number of methoxy groups -OCH3 is 1. The molecule has 0 fully saturated rings. The van der Waals surface area contributed by atoms with Crippen LogP contribution in [0.5, 0.6) is 17.2 Å². The molecule has 0 radical (unpaired) electrons. The summed E-state index contributed by atoms with van der Waals surface area (Å²) in [4.78, 5) is 19.4. The molecule has 3 heterocycles. The van der Waals surface area contributed by atoms with Gasteiger partial charge in [0.05, 0.1) is 30.2 Å². The number of aromatic nitrogens is 4. The topological polar surface area (TPSA) is 85.4 Å². The van der Waals surface area contributed by atoms with Gasteiger partial charge in [-0.25, -0.2) is 15.0 Å². The van der Waals surface area contributed by atoms with Crippen molar-refractivity contribution in [1.29, 1.82) is 0 Å². The van der Waals surface area contributed by atoms with E-state index in [1.54, 1.807) is 13.4 Å². The van der Waals surface area contributed by atoms with E-state index in [1.807, 2.05) is 49.4 Å². The molecule has 0 saturated heterocycles. The second-order valence-electron chi connectivity index (χ2n) is 10.1. The van der Waals surface area contributed by atoms with Gasteiger partial charge in [-0.15, -0.1) is 0 Å². The molecule has 1 N–H and O–H groups in total. The van der Waals surface area contributed by atoms with Crippen LogP contribution in [-0.2, 0) is 13.2 Å². The van der Waals surface area contributed by atoms with Crippen molar-refractivity contribution >= 4 is 27.8 Å². The first kappa shape index (κ1) is 24.9. The monoisotopic (exact) mass is 543 g/mol. The Morgan fingerprint density at radius 3 is 2.63 bits per heavy atom. The van der Waals surface area contributed by atoms with Crippen LogP contribution in [0.4, 0.5) is 5.82 Å². The van der Waals surface area contributed by atoms with E-state index in [4.69, 9.17) is 19.2 Å². The van der Waals surface area contributed by atoms with Crippen molar-refractivity contribution in [1.82, 2.24) is 19.9 Å². The van der Waals surface area contributed by atoms with Crippen LogP contribution in [-0.4, -0.2) is 40.2 Å². The summed E-state index contributed by atoms with van der Waals surface area (Å²) in [5.74, 6) is 3.92. The fraction of sp³-hybridized carbons (Fsp3) is 0.182. The van der Waals surface area contributed by atoms with E-state index in [0.29, 0.717) is 37.8 Å². The molecule has 0 bridgehead atoms. The smallest absolute Gasteiger partial charge is 0.163 e. The molecule has 41 heavy (non-hydrogen) atoms. The van der Waals surface area contributed by atoms with Crippen LogP contribution in [0.3, 0.4) is 0 Å². The van der Waals surface area contributed by atoms with Gasteiger partial charge < -0.3 is 24.1 Å². The highest BCUT2D eigenvalue weighted by Crippen LogP contribution is 2.37. The Bertz CT molecular complexity index is 1870. The van der Waals surface area contributed by atoms with Crippen molar-refractivity contribution in [2.75, 3.05) is 25.2 Å². The number of fused-ring (bicyclic) bond motifs is 3. The molecule has 8 nitrogen and oxygen atoms in total. The summed E-state index contributed by atoms with van der Waals surface area (Å²) in [5, 5.41) is 0.899. The Hall–Kier alpha value is -5.11. The highest BCUT2D eigenvalue weighted by molar-refractivity contribution is 5.92. The number of aromatic amines is 1. The summed E-state index contributed by atoms with van der Waals surface area (Å²) >= 11 is 0. The first-order valence-electron chi connectivity index (χ1n) is 13.6. The summed E-state index contributed by atoms with van der Waals surface area (Å²) in [5.41, 5.74) is 7.22. The second kappa shape index (κ2) is 10.5. The maximum atomic E-state index is 6.17. The van der Waals surface area contributed by atoms with Crippen molar-refractivity contribution in [3.8, 4) is 28.4 Å². The van der Waals surface area contributed by atoms with Gasteiger partial charge in [0.25, 0.3) is 0 Å². The predicted octanol–water partition coefficient (Wildman–Crippen LogP) is 6.47. The van der Waals surface area contributed by atoms with E-state index in [2.05, 4.69) is 56.3 Å². The SMILES string of the molecule is COc1cc2c(N3CCOc4ccc(-c5ccc6nc(C)[nH]c6c5)cc4C3)ncnc2cc1OCc1ccccc1. The number of ether oxygens (including phenoxy) is 3. The van der Waals surface area contributed by atoms with Crippen LogP contribution in [0.25, 0.3) is 33.1 Å². The number of rotatable bonds is 6. The number of hydrogen-bond donors (Lipinski definition) is 1. The van der Waals surface area contributed by atoms with E-state index in [0.717, 1.165) is 61.6 Å². The molecule has 4 aromatic carbocycles. The van der Waals surface area contributed by atoms with Crippen LogP contribution in [0.2, 0.25) is 0 Å². The fourth-order valence-electron chi connectivity index (χ4n) is 5.38. The number of nitrogens with one attached hydrogen (secondary N) is 1. The minimum atomic E-state index is 0.441. The van der Waals surface area contributed by atoms with Crippen molar-refractivity contribution in [2.24, 2.45) is 0 Å². The molecular weight excluding hydrogens is 514 g/mol. The number of aryl methyl sites for hydroxylation is 1. The van der Waals surface area contributed by atoms with Crippen molar-refractivity contribution in [2.45, 2.75) is 20.1 Å². The molecule has 8 heteroatoms. The standard InChI is InChI=1S/C33H29N5O3/c1-21-36-27-10-8-24(15-29(27)37-21)23-9-11-30-25(14-23)18-38(12-13-40-30)33-26-16-31(39-2)32(17-28(26)34-20-35-33)41-19-22-6-4-3-5-7-22/h3-11,14-17,20H,12-13,18-19H2,1-2H3,(H,36,37). The maximum Gasteiger partial charge on any atom is 0.163 e. The molecule has 2 aromatic heterocycles. The van der Waals surface area contributed by atoms with E-state index in [-0.39, 0.29) is 0 Å². The highest BCUT2D eigenvalue weighted by atomic mass is 16.5. The van der Waals surface area contributed by atoms with E-state index < -0.39 is 0 Å². The normalized spacial score (nSPS) is 13.1. The Kier molecular flexibility index (Phi) is 6.35. The molecule has 0 unspecified atom stereocenters. The largest absolute Gasteiger partial charge is 0.493 e. The molecule has 0 saturated carbocycles. The molecule has 0 spiro atoms. The molecule has 0 atom stereocenters. The third kappa shape index (κ3) is 4.89. The number of H-pyrrole nitrogens is 1. The number of hydrogen-bond acceptors (Lipinski definition) is 7. The van der Waals surface area contributed by atoms with E-state index in [1.165, 1.54) is 0 Å². The number of imidazole rings is 1. The van der Waals surface area contributed by atoms with Gasteiger partial charge in [-0.2, -0.15) is 0 Å². The minimum absolute atomic E-state index is 0.441. The summed E-state index contributed by atoms with van der Waals surface area (Å²) in [6.07, 6.45) is 1.61. The van der Waals surface area contributed by atoms with Crippen LogP contribution in [0, 0.1) is 6.92 Å². The molecule has 1 aliphatic rings. The maximum absolute atomic E-state index is 6.17. The Balaban J connectivity index is 1.21. The van der Waals surface area contributed by atoms with Crippen molar-refractivity contribution in [3.63, 3.8) is 0 Å². The van der Waals surface area contributed by atoms with Crippen molar-refractivity contribution < 1.29 is 14.2 Å². The lowest BCUT2D eigenvalue weighted by Crippen LogP contribution is -2.26. The van der Waals surface area contributed by atoms with Gasteiger partial charge in [0.15, 0.2) is 11.5 Å². The zero-order valence-corrected chi connectivity index (χ0v) is 22.9. The molecule has 0 amide bonds. The zero-order chi connectivity index (χ0) is 27.8. The third-order valence-electron chi connectivity index (χ3n) is 7.41. The van der Waals surface area contributed by atoms with Crippen LogP contribution in [0.15, 0.2) is 85.2 Å². The summed E-state index contributed by atoms with van der Waals surface area (Å²) in [6.45, 7) is 4.29. The van der Waals surface area contributed by atoms with Gasteiger partial charge in [0.1, 0.15) is 36.9 Å². The number of nitrogens with zero attached hydrogens (tertiary/aromatic N) is 4. The van der Waals surface area contributed by atoms with E-state index >= 15 is 0 Å². The Labute approximate surface area is 237 Å². The molecule has 204 valence electrons. The Morgan fingerprint density at radius 1 is 0.902 bits per heavy atom. The van der Waals surface area contributed by atoms with Gasteiger partial charge in [-0.05, 0) is 53.9 Å². The summed E-state index contributed by atoms with van der Waals surface area (Å²) in [6, 6.07) is 26.7. The third-order valence-corrected chi connectivity index (χ3v) is 7.41. The van der Waals surface area contributed by atoms with Gasteiger partial charge in [0, 0.05) is 23.6 Å². The van der Waals surface area contributed by atoms with Crippen LogP contribution >= 0.6 is 0 Å². The van der Waals surface area contributed by atoms with E-state index in [9.17, 15) is 0 Å². The minimum Gasteiger partial charge on any atom is -0.493 e. The van der Waals surface area contributed by atoms with Crippen LogP contribution in [0.1, 0.15) is 17.0 Å². The Morgan fingerprint density at radius 2 is 1.76 bits per heavy atom. The molecule has 1 aliphatic heterocycles. The first-order valence-corrected chi connectivity index (χ1v) is 13.6. The molecule has 7 rings (SSSR count). The predicted molar refractivity (Wildman–Crippen MR) is 160 cm³/mol. The van der Waals surface area contributed by atoms with Crippen molar-refractivity contribution in [3.05, 3.63) is 102 Å². The first-order chi connectivity index (χ1) is 20.1. The average molecular weight is 544 g/mol. The van der Waals surface area contributed by atoms with Crippen LogP contribution < -0.4 is 19.1 Å². The van der Waals surface area contributed by atoms with Gasteiger partial charge >= 0.3 is 0 Å². The lowest BCUT2D eigenvalue weighted by molar-refractivity contribution is 0.285. The van der Waals surface area contributed by atoms with Gasteiger partial charge in [0.2, 0.25) is 0 Å². The summed E-state index contributed by atoms with van der Waals surface area (Å²) < 4.78 is 18.0. The number of benzene rings is 4. The molecular formula is C33H29N5O3. The number of anilines is 1. The zero-order valence-electron chi connectivity index (χ0n) is 22.9. The highest BCUT2D eigenvalue weighted by Gasteiger charge is 2.21. The average Bonchev–Trinajstić information content (AvgIpc) is 3.25. The van der Waals surface area contributed by atoms with Gasteiger partial charge in [-0.1, -0.05) is 42.5 Å². The lowest BCUT2D eigenvalue weighted by Gasteiger charge is -2.23. The molecule has 0 aliphatic carbocycles. The summed E-state index contributed by atoms with van der Waals surface area (Å²) in [7, 11) is 1.65. The molecule has 6 aromatic rings. The second-order valence-corrected chi connectivity index (χ2v) is 10.1. The van der Waals surface area contributed by atoms with Gasteiger partial charge in [-0.3, -0.25) is 0 Å². The fourth-order valence-corrected chi connectivity index (χ4v) is 5.38. The lowest BCUT2D eigenvalue weighted by atomic mass is 10.0. The quantitative estimate of drug-likeness (QED) is 0.258.